The molecule has 0 spiro atoms. The van der Waals surface area contributed by atoms with Gasteiger partial charge in [0.05, 0.1) is 0 Å². The topological polar surface area (TPSA) is 18.5 Å². The molecule has 0 radical (unpaired) electrons. The fourth-order valence-electron chi connectivity index (χ4n) is 3.51. The van der Waals surface area contributed by atoms with E-state index in [0.29, 0.717) is 6.16 Å². The fraction of sp³-hybridized carbons (Fsp3) is 0.182. The zero-order chi connectivity index (χ0) is 18.5. The van der Waals surface area contributed by atoms with E-state index in [-0.39, 0.29) is 6.29 Å². The Morgan fingerprint density at radius 1 is 0.654 bits per heavy atom. The summed E-state index contributed by atoms with van der Waals surface area (Å²) in [7, 11) is 3.40. The minimum atomic E-state index is -2.98. The average molecular weight is 431 g/mol. The van der Waals surface area contributed by atoms with E-state index < -0.39 is 5.31 Å². The molecule has 0 aliphatic heterocycles. The van der Waals surface area contributed by atoms with Crippen molar-refractivity contribution >= 4 is 36.7 Å². The molecule has 0 amide bonds. The van der Waals surface area contributed by atoms with Crippen LogP contribution in [-0.2, 0) is 9.47 Å². The van der Waals surface area contributed by atoms with Crippen molar-refractivity contribution in [2.75, 3.05) is 20.4 Å². The number of hydrogen-bond donors (Lipinski definition) is 0. The van der Waals surface area contributed by atoms with Crippen molar-refractivity contribution in [3.63, 3.8) is 0 Å². The number of methoxy groups -OCH3 is 2. The van der Waals surface area contributed by atoms with Crippen molar-refractivity contribution in [3.05, 3.63) is 91.0 Å². The zero-order valence-corrected chi connectivity index (χ0v) is 17.6. The molecule has 0 atom stereocenters. The molecule has 0 aliphatic rings. The van der Waals surface area contributed by atoms with Gasteiger partial charge in [0, 0.05) is 0 Å². The van der Waals surface area contributed by atoms with Crippen LogP contribution in [0.4, 0.5) is 0 Å². The number of ether oxygens (including phenoxy) is 2. The van der Waals surface area contributed by atoms with Gasteiger partial charge in [-0.1, -0.05) is 0 Å². The monoisotopic (exact) mass is 430 g/mol. The van der Waals surface area contributed by atoms with E-state index in [0.717, 1.165) is 0 Å². The first kappa shape index (κ1) is 19.3. The van der Waals surface area contributed by atoms with Gasteiger partial charge in [-0.05, 0) is 0 Å². The Kier molecular flexibility index (Phi) is 5.94. The van der Waals surface area contributed by atoms with Gasteiger partial charge in [-0.2, -0.15) is 0 Å². The standard InChI is InChI=1S/C22H24BrO2P/c1-24-22(25-2)18-26(23,19-12-6-3-7-13-19,20-14-8-4-9-15-20)21-16-10-5-11-17-21/h3-17,22H,18H2,1-2H3. The summed E-state index contributed by atoms with van der Waals surface area (Å²) in [6.45, 7) is 0. The Balaban J connectivity index is 2.39. The second-order valence-electron chi connectivity index (χ2n) is 6.27. The Morgan fingerprint density at radius 2 is 0.962 bits per heavy atom. The van der Waals surface area contributed by atoms with Crippen LogP contribution in [0.25, 0.3) is 0 Å². The second kappa shape index (κ2) is 8.02. The molecule has 3 aromatic carbocycles. The molecular formula is C22H24BrO2P. The first-order valence-electron chi connectivity index (χ1n) is 8.58. The maximum atomic E-state index is 5.67. The molecule has 3 rings (SSSR count). The summed E-state index contributed by atoms with van der Waals surface area (Å²) >= 11 is 4.37. The van der Waals surface area contributed by atoms with Crippen LogP contribution in [0.15, 0.2) is 91.0 Å². The van der Waals surface area contributed by atoms with Crippen LogP contribution in [-0.4, -0.2) is 26.7 Å². The zero-order valence-electron chi connectivity index (χ0n) is 15.1. The van der Waals surface area contributed by atoms with Gasteiger partial charge in [-0.25, -0.2) is 0 Å². The third-order valence-electron chi connectivity index (χ3n) is 4.90. The second-order valence-corrected chi connectivity index (χ2v) is 15.2. The number of hydrogen-bond acceptors (Lipinski definition) is 2. The molecule has 0 saturated heterocycles. The SMILES string of the molecule is COC(CP(Br)(c1ccccc1)(c1ccccc1)c1ccccc1)OC. The first-order chi connectivity index (χ1) is 12.6. The van der Waals surface area contributed by atoms with E-state index in [4.69, 9.17) is 9.47 Å². The molecule has 0 unspecified atom stereocenters. The van der Waals surface area contributed by atoms with Gasteiger partial charge >= 0.3 is 164 Å². The molecule has 0 saturated carbocycles. The molecule has 0 fully saturated rings. The summed E-state index contributed by atoms with van der Waals surface area (Å²) in [6, 6.07) is 32.0. The van der Waals surface area contributed by atoms with Crippen molar-refractivity contribution in [1.82, 2.24) is 0 Å². The van der Waals surface area contributed by atoms with Crippen LogP contribution < -0.4 is 15.9 Å². The molecular weight excluding hydrogens is 407 g/mol. The van der Waals surface area contributed by atoms with E-state index >= 15 is 0 Å². The van der Waals surface area contributed by atoms with Crippen LogP contribution in [0.1, 0.15) is 0 Å². The molecule has 0 N–H and O–H groups in total. The van der Waals surface area contributed by atoms with Gasteiger partial charge in [-0.3, -0.25) is 0 Å². The molecule has 26 heavy (non-hydrogen) atoms. The molecule has 0 aliphatic carbocycles. The van der Waals surface area contributed by atoms with Gasteiger partial charge < -0.3 is 0 Å². The summed E-state index contributed by atoms with van der Waals surface area (Å²) in [5.74, 6) is 0. The van der Waals surface area contributed by atoms with E-state index in [1.54, 1.807) is 14.2 Å². The quantitative estimate of drug-likeness (QED) is 0.407. The molecule has 0 aromatic heterocycles. The molecule has 4 heteroatoms. The van der Waals surface area contributed by atoms with Crippen molar-refractivity contribution in [1.29, 1.82) is 0 Å². The Hall–Kier alpha value is -1.51. The Bertz CT molecular complexity index is 721. The van der Waals surface area contributed by atoms with Crippen molar-refractivity contribution < 1.29 is 9.47 Å². The summed E-state index contributed by atoms with van der Waals surface area (Å²) in [5, 5.41) is 0.799. The number of benzene rings is 3. The normalized spacial score (nSPS) is 13.3. The summed E-state index contributed by atoms with van der Waals surface area (Å²) in [5.41, 5.74) is 0. The Morgan fingerprint density at radius 3 is 1.23 bits per heavy atom. The summed E-state index contributed by atoms with van der Waals surface area (Å²) in [4.78, 5) is 0. The molecule has 0 heterocycles. The predicted octanol–water partition coefficient (Wildman–Crippen LogP) is 4.45. The molecule has 136 valence electrons. The van der Waals surface area contributed by atoms with Gasteiger partial charge in [0.25, 0.3) is 0 Å². The third kappa shape index (κ3) is 3.25. The van der Waals surface area contributed by atoms with Gasteiger partial charge in [-0.15, -0.1) is 0 Å². The van der Waals surface area contributed by atoms with Gasteiger partial charge in [0.2, 0.25) is 0 Å². The van der Waals surface area contributed by atoms with Crippen molar-refractivity contribution in [3.8, 4) is 0 Å². The van der Waals surface area contributed by atoms with Crippen LogP contribution >= 0.6 is 20.8 Å². The number of halogens is 1. The number of rotatable bonds is 7. The van der Waals surface area contributed by atoms with E-state index in [1.165, 1.54) is 15.9 Å². The third-order valence-corrected chi connectivity index (χ3v) is 14.6. The van der Waals surface area contributed by atoms with E-state index in [2.05, 4.69) is 106 Å². The van der Waals surface area contributed by atoms with Gasteiger partial charge in [0.1, 0.15) is 0 Å². The molecule has 3 aromatic rings. The van der Waals surface area contributed by atoms with Crippen molar-refractivity contribution in [2.24, 2.45) is 0 Å². The average Bonchev–Trinajstić information content (AvgIpc) is 2.74. The van der Waals surface area contributed by atoms with Crippen LogP contribution in [0.2, 0.25) is 0 Å². The van der Waals surface area contributed by atoms with Crippen LogP contribution in [0.5, 0.6) is 0 Å². The molecule has 2 nitrogen and oxygen atoms in total. The molecule has 0 bridgehead atoms. The maximum absolute atomic E-state index is 5.67. The Labute approximate surface area is 163 Å². The van der Waals surface area contributed by atoms with Crippen LogP contribution in [0, 0.1) is 0 Å². The minimum absolute atomic E-state index is 0.326. The predicted molar refractivity (Wildman–Crippen MR) is 117 cm³/mol. The van der Waals surface area contributed by atoms with E-state index in [1.807, 2.05) is 0 Å². The summed E-state index contributed by atoms with van der Waals surface area (Å²) < 4.78 is 11.3. The van der Waals surface area contributed by atoms with Crippen LogP contribution in [0.3, 0.4) is 0 Å². The van der Waals surface area contributed by atoms with E-state index in [9.17, 15) is 0 Å². The fourth-order valence-corrected chi connectivity index (χ4v) is 11.1. The van der Waals surface area contributed by atoms with Crippen molar-refractivity contribution in [2.45, 2.75) is 6.29 Å². The van der Waals surface area contributed by atoms with Gasteiger partial charge in [0.15, 0.2) is 0 Å². The summed E-state index contributed by atoms with van der Waals surface area (Å²) in [6.07, 6.45) is 0.379. The first-order valence-corrected chi connectivity index (χ1v) is 13.0.